The first-order valence-electron chi connectivity index (χ1n) is 10.8. The number of fused-ring (bicyclic) bond motifs is 1. The number of carboxylic acid groups (broad SMARTS) is 1. The van der Waals surface area contributed by atoms with Crippen LogP contribution < -0.4 is 16.0 Å². The molecular weight excluding hydrogens is 472 g/mol. The number of quaternary nitrogens is 1. The van der Waals surface area contributed by atoms with Crippen molar-refractivity contribution in [2.75, 3.05) is 26.2 Å². The van der Waals surface area contributed by atoms with E-state index < -0.39 is 18.0 Å². The summed E-state index contributed by atoms with van der Waals surface area (Å²) in [6.07, 6.45) is -0.224. The number of hydrogen-bond donors (Lipinski definition) is 2. The summed E-state index contributed by atoms with van der Waals surface area (Å²) in [5.41, 5.74) is 3.23. The first kappa shape index (κ1) is 25.9. The number of hydrogen-bond acceptors (Lipinski definition) is 4. The summed E-state index contributed by atoms with van der Waals surface area (Å²) >= 11 is 0. The van der Waals surface area contributed by atoms with Crippen molar-refractivity contribution < 1.29 is 37.6 Å². The molecule has 188 valence electrons. The van der Waals surface area contributed by atoms with Crippen molar-refractivity contribution in [1.29, 1.82) is 0 Å². The lowest BCUT2D eigenvalue weighted by Gasteiger charge is -2.19. The highest BCUT2D eigenvalue weighted by molar-refractivity contribution is 5.94. The van der Waals surface area contributed by atoms with Gasteiger partial charge in [0.05, 0.1) is 25.2 Å². The molecule has 0 unspecified atom stereocenters. The lowest BCUT2D eigenvalue weighted by Crippen LogP contribution is -2.84. The summed E-state index contributed by atoms with van der Waals surface area (Å²) in [6.45, 7) is 5.05. The van der Waals surface area contributed by atoms with Crippen LogP contribution in [-0.2, 0) is 11.2 Å². The third-order valence-corrected chi connectivity index (χ3v) is 5.47. The number of aromatic amines is 1. The Labute approximate surface area is 197 Å². The van der Waals surface area contributed by atoms with Crippen LogP contribution in [-0.4, -0.2) is 58.5 Å². The topological polar surface area (TPSA) is 114 Å². The Morgan fingerprint density at radius 3 is 2.57 bits per heavy atom. The standard InChI is InChI=1S/C21H23FN4O2.C2HF3O2/c1-14-9-19-20(27)24-12-16(26(19)13-14)10-15-3-4-18(22)17(11-15)21(28)25-7-2-5-23-6-8-25;3-2(4,5)1(6)7/h3-4,9,11-13,23H,2,5-8,10H2,1H3,(H,24,27);(H,6,7). The number of aliphatic carboxylic acids is 1. The second-order valence-corrected chi connectivity index (χ2v) is 8.17. The molecule has 1 aliphatic heterocycles. The Morgan fingerprint density at radius 1 is 1.17 bits per heavy atom. The van der Waals surface area contributed by atoms with Gasteiger partial charge in [0.15, 0.2) is 0 Å². The molecule has 1 aliphatic rings. The van der Waals surface area contributed by atoms with Gasteiger partial charge in [-0.1, -0.05) is 6.07 Å². The summed E-state index contributed by atoms with van der Waals surface area (Å²) in [4.78, 5) is 38.1. The van der Waals surface area contributed by atoms with Crippen LogP contribution in [0.25, 0.3) is 5.52 Å². The van der Waals surface area contributed by atoms with Gasteiger partial charge in [-0.15, -0.1) is 0 Å². The van der Waals surface area contributed by atoms with E-state index in [0.717, 1.165) is 36.3 Å². The number of halogens is 4. The van der Waals surface area contributed by atoms with Crippen LogP contribution in [0.15, 0.2) is 41.5 Å². The molecule has 0 spiro atoms. The Bertz CT molecular complexity index is 1270. The number of benzene rings is 1. The van der Waals surface area contributed by atoms with Crippen molar-refractivity contribution >= 4 is 17.4 Å². The van der Waals surface area contributed by atoms with Crippen LogP contribution >= 0.6 is 0 Å². The fraction of sp³-hybridized carbons (Fsp3) is 0.348. The molecule has 0 saturated carbocycles. The van der Waals surface area contributed by atoms with Crippen LogP contribution in [0.2, 0.25) is 0 Å². The number of carbonyl (C=O) groups excluding carboxylic acids is 2. The van der Waals surface area contributed by atoms with Crippen molar-refractivity contribution in [1.82, 2.24) is 14.3 Å². The zero-order valence-electron chi connectivity index (χ0n) is 18.8. The number of H-pyrrole nitrogens is 1. The van der Waals surface area contributed by atoms with Crippen LogP contribution in [0.5, 0.6) is 0 Å². The highest BCUT2D eigenvalue weighted by Gasteiger charge is 2.28. The number of amides is 1. The lowest BCUT2D eigenvalue weighted by atomic mass is 10.0. The van der Waals surface area contributed by atoms with Crippen LogP contribution in [0.3, 0.4) is 0 Å². The van der Waals surface area contributed by atoms with Crippen molar-refractivity contribution in [2.45, 2.75) is 25.9 Å². The monoisotopic (exact) mass is 496 g/mol. The number of rotatable bonds is 3. The minimum Gasteiger partial charge on any atom is -0.542 e. The van der Waals surface area contributed by atoms with Crippen molar-refractivity contribution in [3.63, 3.8) is 0 Å². The molecule has 4 rings (SSSR count). The fourth-order valence-electron chi connectivity index (χ4n) is 3.80. The molecule has 1 aromatic carbocycles. The summed E-state index contributed by atoms with van der Waals surface area (Å²) in [7, 11) is 0. The van der Waals surface area contributed by atoms with E-state index in [0.29, 0.717) is 25.0 Å². The minimum atomic E-state index is -5.19. The molecule has 0 radical (unpaired) electrons. The highest BCUT2D eigenvalue weighted by Crippen LogP contribution is 2.18. The zero-order chi connectivity index (χ0) is 25.8. The zero-order valence-corrected chi connectivity index (χ0v) is 18.8. The maximum atomic E-state index is 14.4. The normalized spacial score (nSPS) is 14.3. The van der Waals surface area contributed by atoms with E-state index in [4.69, 9.17) is 9.90 Å². The Morgan fingerprint density at radius 2 is 1.89 bits per heavy atom. The highest BCUT2D eigenvalue weighted by atomic mass is 19.4. The summed E-state index contributed by atoms with van der Waals surface area (Å²) < 4.78 is 47.8. The molecule has 1 saturated heterocycles. The van der Waals surface area contributed by atoms with Crippen LogP contribution in [0.4, 0.5) is 17.6 Å². The second-order valence-electron chi connectivity index (χ2n) is 8.17. The van der Waals surface area contributed by atoms with Gasteiger partial charge in [-0.3, -0.25) is 9.59 Å². The van der Waals surface area contributed by atoms with E-state index in [-0.39, 0.29) is 17.0 Å². The van der Waals surface area contributed by atoms with Gasteiger partial charge in [0, 0.05) is 37.5 Å². The molecule has 12 heteroatoms. The molecule has 1 fully saturated rings. The van der Waals surface area contributed by atoms with Gasteiger partial charge in [-0.2, -0.15) is 13.2 Å². The molecule has 0 aliphatic carbocycles. The fourth-order valence-corrected chi connectivity index (χ4v) is 3.80. The number of carbonyl (C=O) groups is 2. The Balaban J connectivity index is 0.000000429. The first-order chi connectivity index (χ1) is 16.5. The van der Waals surface area contributed by atoms with Crippen molar-refractivity contribution in [3.05, 3.63) is 75.2 Å². The van der Waals surface area contributed by atoms with Crippen LogP contribution in [0, 0.1) is 12.7 Å². The van der Waals surface area contributed by atoms with E-state index in [1.807, 2.05) is 23.6 Å². The number of nitrogens with two attached hydrogens (primary N) is 1. The molecular formula is C23H24F4N4O4. The van der Waals surface area contributed by atoms with Gasteiger partial charge in [-0.05, 0) is 36.2 Å². The van der Waals surface area contributed by atoms with Crippen LogP contribution in [0.1, 0.15) is 33.6 Å². The lowest BCUT2D eigenvalue weighted by molar-refractivity contribution is -0.651. The molecule has 35 heavy (non-hydrogen) atoms. The predicted molar refractivity (Wildman–Crippen MR) is 115 cm³/mol. The largest absolute Gasteiger partial charge is 0.542 e. The quantitative estimate of drug-likeness (QED) is 0.510. The molecule has 2 aromatic heterocycles. The van der Waals surface area contributed by atoms with E-state index in [1.165, 1.54) is 6.07 Å². The van der Waals surface area contributed by atoms with Crippen molar-refractivity contribution in [2.24, 2.45) is 0 Å². The number of aromatic nitrogens is 2. The average molecular weight is 496 g/mol. The van der Waals surface area contributed by atoms with Gasteiger partial charge in [0.25, 0.3) is 11.5 Å². The average Bonchev–Trinajstić information content (AvgIpc) is 3.01. The minimum absolute atomic E-state index is 0.115. The molecule has 3 heterocycles. The SMILES string of the molecule is Cc1cc2c(=O)[nH]cc(Cc3ccc(F)c(C(=O)N4CCC[NH2+]CC4)c3)n2c1.O=C([O-])C(F)(F)F. The van der Waals surface area contributed by atoms with Gasteiger partial charge >= 0.3 is 6.18 Å². The second kappa shape index (κ2) is 10.7. The van der Waals surface area contributed by atoms with Gasteiger partial charge < -0.3 is 29.5 Å². The van der Waals surface area contributed by atoms with E-state index >= 15 is 0 Å². The van der Waals surface area contributed by atoms with E-state index in [9.17, 15) is 27.2 Å². The molecule has 3 N–H and O–H groups in total. The summed E-state index contributed by atoms with van der Waals surface area (Å²) in [6, 6.07) is 6.52. The molecule has 8 nitrogen and oxygen atoms in total. The maximum absolute atomic E-state index is 14.4. The third-order valence-electron chi connectivity index (χ3n) is 5.47. The molecule has 0 atom stereocenters. The summed E-state index contributed by atoms with van der Waals surface area (Å²) in [5.74, 6) is -3.75. The van der Waals surface area contributed by atoms with E-state index in [2.05, 4.69) is 10.3 Å². The number of aryl methyl sites for hydroxylation is 1. The van der Waals surface area contributed by atoms with Gasteiger partial charge in [0.2, 0.25) is 0 Å². The number of nitrogens with zero attached hydrogens (tertiary/aromatic N) is 2. The predicted octanol–water partition coefficient (Wildman–Crippen LogP) is 0.374. The van der Waals surface area contributed by atoms with E-state index in [1.54, 1.807) is 23.2 Å². The number of carboxylic acids is 1. The smallest absolute Gasteiger partial charge is 0.430 e. The maximum Gasteiger partial charge on any atom is 0.430 e. The third kappa shape index (κ3) is 6.47. The number of alkyl halides is 3. The molecule has 3 aromatic rings. The molecule has 1 amide bonds. The van der Waals surface area contributed by atoms with Gasteiger partial charge in [0.1, 0.15) is 17.3 Å². The Kier molecular flexibility index (Phi) is 7.95. The summed E-state index contributed by atoms with van der Waals surface area (Å²) in [5, 5.41) is 11.0. The Hall–Kier alpha value is -3.67. The van der Waals surface area contributed by atoms with Crippen molar-refractivity contribution in [3.8, 4) is 0 Å². The molecule has 0 bridgehead atoms. The first-order valence-corrected chi connectivity index (χ1v) is 10.8. The number of nitrogens with one attached hydrogen (secondary N) is 1. The van der Waals surface area contributed by atoms with Gasteiger partial charge in [-0.25, -0.2) is 4.39 Å².